The number of anilines is 1. The summed E-state index contributed by atoms with van der Waals surface area (Å²) in [6.45, 7) is 2.45. The van der Waals surface area contributed by atoms with Crippen LogP contribution in [0.1, 0.15) is 0 Å². The van der Waals surface area contributed by atoms with E-state index in [0.717, 1.165) is 0 Å². The largest absolute Gasteiger partial charge is 0.483 e. The first-order valence-electron chi connectivity index (χ1n) is 5.71. The van der Waals surface area contributed by atoms with Gasteiger partial charge in [-0.3, -0.25) is 4.79 Å². The zero-order valence-electron chi connectivity index (χ0n) is 9.89. The van der Waals surface area contributed by atoms with Crippen molar-refractivity contribution in [2.24, 2.45) is 0 Å². The molecular weight excluding hydrogens is 300 g/mol. The second-order valence-electron chi connectivity index (χ2n) is 3.94. The molecule has 1 aliphatic heterocycles. The first kappa shape index (κ1) is 13.2. The predicted octanol–water partition coefficient (Wildman–Crippen LogP) is 1.27. The molecule has 18 heavy (non-hydrogen) atoms. The first-order valence-corrected chi connectivity index (χ1v) is 6.50. The van der Waals surface area contributed by atoms with E-state index in [2.05, 4.69) is 15.9 Å². The third kappa shape index (κ3) is 3.14. The van der Waals surface area contributed by atoms with Crippen molar-refractivity contribution < 1.29 is 14.3 Å². The van der Waals surface area contributed by atoms with Crippen LogP contribution in [-0.2, 0) is 9.53 Å². The molecule has 0 aliphatic carbocycles. The highest BCUT2D eigenvalue weighted by atomic mass is 79.9. The van der Waals surface area contributed by atoms with E-state index in [4.69, 9.17) is 15.2 Å². The molecule has 1 aromatic rings. The SMILES string of the molecule is Nc1cccc(OCC(=O)N2CCOCC2)c1Br. The predicted molar refractivity (Wildman–Crippen MR) is 71.4 cm³/mol. The van der Waals surface area contributed by atoms with E-state index in [-0.39, 0.29) is 12.5 Å². The van der Waals surface area contributed by atoms with E-state index < -0.39 is 0 Å². The summed E-state index contributed by atoms with van der Waals surface area (Å²) in [7, 11) is 0. The molecule has 1 saturated heterocycles. The number of nitrogens with zero attached hydrogens (tertiary/aromatic N) is 1. The van der Waals surface area contributed by atoms with Gasteiger partial charge < -0.3 is 20.1 Å². The Balaban J connectivity index is 1.90. The number of ether oxygens (including phenoxy) is 2. The molecule has 0 atom stereocenters. The molecule has 1 aliphatic rings. The number of rotatable bonds is 3. The Bertz CT molecular complexity index is 433. The van der Waals surface area contributed by atoms with Gasteiger partial charge in [-0.05, 0) is 28.1 Å². The van der Waals surface area contributed by atoms with Crippen LogP contribution in [0.3, 0.4) is 0 Å². The molecule has 6 heteroatoms. The van der Waals surface area contributed by atoms with Gasteiger partial charge in [-0.2, -0.15) is 0 Å². The van der Waals surface area contributed by atoms with Crippen LogP contribution in [0.4, 0.5) is 5.69 Å². The molecule has 1 amide bonds. The van der Waals surface area contributed by atoms with Crippen molar-refractivity contribution in [2.75, 3.05) is 38.6 Å². The Morgan fingerprint density at radius 3 is 2.89 bits per heavy atom. The van der Waals surface area contributed by atoms with Gasteiger partial charge in [0.05, 0.1) is 17.7 Å². The fourth-order valence-corrected chi connectivity index (χ4v) is 2.06. The summed E-state index contributed by atoms with van der Waals surface area (Å²) in [6.07, 6.45) is 0. The quantitative estimate of drug-likeness (QED) is 0.853. The lowest BCUT2D eigenvalue weighted by Gasteiger charge is -2.26. The van der Waals surface area contributed by atoms with Crippen molar-refractivity contribution in [3.05, 3.63) is 22.7 Å². The van der Waals surface area contributed by atoms with Crippen LogP contribution in [0.15, 0.2) is 22.7 Å². The number of amides is 1. The summed E-state index contributed by atoms with van der Waals surface area (Å²) in [5, 5.41) is 0. The lowest BCUT2D eigenvalue weighted by Crippen LogP contribution is -2.43. The van der Waals surface area contributed by atoms with Gasteiger partial charge in [-0.25, -0.2) is 0 Å². The third-order valence-electron chi connectivity index (χ3n) is 2.71. The summed E-state index contributed by atoms with van der Waals surface area (Å²) in [5.74, 6) is 0.546. The van der Waals surface area contributed by atoms with E-state index in [0.29, 0.717) is 42.2 Å². The fraction of sp³-hybridized carbons (Fsp3) is 0.417. The maximum absolute atomic E-state index is 11.9. The van der Waals surface area contributed by atoms with Gasteiger partial charge in [0.25, 0.3) is 5.91 Å². The number of hydrogen-bond acceptors (Lipinski definition) is 4. The maximum Gasteiger partial charge on any atom is 0.260 e. The van der Waals surface area contributed by atoms with Crippen LogP contribution < -0.4 is 10.5 Å². The number of nitrogen functional groups attached to an aromatic ring is 1. The minimum Gasteiger partial charge on any atom is -0.483 e. The Hall–Kier alpha value is -1.27. The molecule has 0 spiro atoms. The molecule has 98 valence electrons. The van der Waals surface area contributed by atoms with Crippen molar-refractivity contribution in [3.8, 4) is 5.75 Å². The number of halogens is 1. The normalized spacial score (nSPS) is 15.5. The summed E-state index contributed by atoms with van der Waals surface area (Å²) in [4.78, 5) is 13.6. The highest BCUT2D eigenvalue weighted by Gasteiger charge is 2.17. The van der Waals surface area contributed by atoms with Crippen molar-refractivity contribution in [3.63, 3.8) is 0 Å². The molecule has 5 nitrogen and oxygen atoms in total. The molecule has 1 fully saturated rings. The van der Waals surface area contributed by atoms with Gasteiger partial charge >= 0.3 is 0 Å². The number of hydrogen-bond donors (Lipinski definition) is 1. The average Bonchev–Trinajstić information content (AvgIpc) is 2.41. The zero-order valence-corrected chi connectivity index (χ0v) is 11.5. The Kier molecular flexibility index (Phi) is 4.43. The van der Waals surface area contributed by atoms with Crippen molar-refractivity contribution in [1.29, 1.82) is 0 Å². The molecule has 0 radical (unpaired) electrons. The van der Waals surface area contributed by atoms with Crippen molar-refractivity contribution >= 4 is 27.5 Å². The van der Waals surface area contributed by atoms with E-state index in [1.54, 1.807) is 23.1 Å². The first-order chi connectivity index (χ1) is 8.68. The number of benzene rings is 1. The number of nitrogens with two attached hydrogens (primary N) is 1. The van der Waals surface area contributed by atoms with Gasteiger partial charge in [0, 0.05) is 18.8 Å². The summed E-state index contributed by atoms with van der Waals surface area (Å²) < 4.78 is 11.3. The van der Waals surface area contributed by atoms with Crippen LogP contribution in [0.2, 0.25) is 0 Å². The second kappa shape index (κ2) is 6.06. The van der Waals surface area contributed by atoms with Gasteiger partial charge in [0.2, 0.25) is 0 Å². The molecule has 0 aromatic heterocycles. The van der Waals surface area contributed by atoms with Gasteiger partial charge in [0.15, 0.2) is 6.61 Å². The van der Waals surface area contributed by atoms with Crippen LogP contribution >= 0.6 is 15.9 Å². The van der Waals surface area contributed by atoms with Crippen LogP contribution in [0.25, 0.3) is 0 Å². The number of carbonyl (C=O) groups is 1. The molecule has 0 bridgehead atoms. The van der Waals surface area contributed by atoms with Crippen molar-refractivity contribution in [1.82, 2.24) is 4.90 Å². The summed E-state index contributed by atoms with van der Waals surface area (Å²) in [6, 6.07) is 5.32. The summed E-state index contributed by atoms with van der Waals surface area (Å²) >= 11 is 3.33. The molecule has 0 unspecified atom stereocenters. The Labute approximate surface area is 114 Å². The lowest BCUT2D eigenvalue weighted by atomic mass is 10.3. The standard InChI is InChI=1S/C12H15BrN2O3/c13-12-9(14)2-1-3-10(12)18-8-11(16)15-4-6-17-7-5-15/h1-3H,4-8,14H2. The van der Waals surface area contributed by atoms with E-state index in [1.807, 2.05) is 0 Å². The van der Waals surface area contributed by atoms with Gasteiger partial charge in [0.1, 0.15) is 5.75 Å². The van der Waals surface area contributed by atoms with E-state index >= 15 is 0 Å². The fourth-order valence-electron chi connectivity index (χ4n) is 1.68. The molecule has 0 saturated carbocycles. The molecular formula is C12H15BrN2O3. The second-order valence-corrected chi connectivity index (χ2v) is 4.73. The zero-order chi connectivity index (χ0) is 13.0. The lowest BCUT2D eigenvalue weighted by molar-refractivity contribution is -0.137. The van der Waals surface area contributed by atoms with Crippen LogP contribution in [-0.4, -0.2) is 43.7 Å². The molecule has 1 aromatic carbocycles. The number of morpholine rings is 1. The monoisotopic (exact) mass is 314 g/mol. The smallest absolute Gasteiger partial charge is 0.260 e. The highest BCUT2D eigenvalue weighted by molar-refractivity contribution is 9.10. The van der Waals surface area contributed by atoms with Crippen LogP contribution in [0.5, 0.6) is 5.75 Å². The average molecular weight is 315 g/mol. The third-order valence-corrected chi connectivity index (χ3v) is 3.56. The molecule has 2 N–H and O–H groups in total. The topological polar surface area (TPSA) is 64.8 Å². The van der Waals surface area contributed by atoms with E-state index in [9.17, 15) is 4.79 Å². The van der Waals surface area contributed by atoms with E-state index in [1.165, 1.54) is 0 Å². The Morgan fingerprint density at radius 2 is 2.17 bits per heavy atom. The highest BCUT2D eigenvalue weighted by Crippen LogP contribution is 2.30. The number of carbonyl (C=O) groups excluding carboxylic acids is 1. The Morgan fingerprint density at radius 1 is 1.44 bits per heavy atom. The van der Waals surface area contributed by atoms with Gasteiger partial charge in [-0.1, -0.05) is 6.07 Å². The molecule has 1 heterocycles. The maximum atomic E-state index is 11.9. The van der Waals surface area contributed by atoms with Crippen LogP contribution in [0, 0.1) is 0 Å². The van der Waals surface area contributed by atoms with Gasteiger partial charge in [-0.15, -0.1) is 0 Å². The molecule has 2 rings (SSSR count). The minimum absolute atomic E-state index is 0.0159. The van der Waals surface area contributed by atoms with Crippen molar-refractivity contribution in [2.45, 2.75) is 0 Å². The minimum atomic E-state index is -0.0346. The summed E-state index contributed by atoms with van der Waals surface area (Å²) in [5.41, 5.74) is 6.32.